The van der Waals surface area contributed by atoms with E-state index in [0.717, 1.165) is 23.2 Å². The number of para-hydroxylation sites is 1. The Morgan fingerprint density at radius 1 is 1.16 bits per heavy atom. The summed E-state index contributed by atoms with van der Waals surface area (Å²) in [6, 6.07) is 11.2. The topological polar surface area (TPSA) is 96.5 Å². The van der Waals surface area contributed by atoms with E-state index in [4.69, 9.17) is 4.74 Å². The zero-order valence-corrected chi connectivity index (χ0v) is 19.0. The zero-order valence-electron chi connectivity index (χ0n) is 18.2. The minimum Gasteiger partial charge on any atom is -0.383 e. The number of hydrogen-bond acceptors (Lipinski definition) is 6. The molecule has 3 amide bonds. The number of urea groups is 1. The Bertz CT molecular complexity index is 1030. The highest BCUT2D eigenvalue weighted by atomic mass is 32.1. The summed E-state index contributed by atoms with van der Waals surface area (Å²) < 4.78 is 5.17. The maximum Gasteiger partial charge on any atom is 0.322 e. The van der Waals surface area contributed by atoms with E-state index in [1.807, 2.05) is 43.3 Å². The van der Waals surface area contributed by atoms with Crippen molar-refractivity contribution in [1.82, 2.24) is 20.2 Å². The number of carbonyl (C=O) groups is 2. The zero-order chi connectivity index (χ0) is 22.8. The first-order valence-corrected chi connectivity index (χ1v) is 11.2. The molecule has 0 fully saturated rings. The van der Waals surface area contributed by atoms with Crippen LogP contribution in [0, 0.1) is 0 Å². The lowest BCUT2D eigenvalue weighted by Gasteiger charge is -2.22. The van der Waals surface area contributed by atoms with Crippen molar-refractivity contribution in [2.45, 2.75) is 26.4 Å². The number of nitrogens with zero attached hydrogens (tertiary/aromatic N) is 3. The Morgan fingerprint density at radius 2 is 1.94 bits per heavy atom. The number of methoxy groups -OCH3 is 1. The standard InChI is InChI=1S/C23H27N5O3S/c1-3-18-6-4-5-7-19(18)27-23(30)28(12-13-31-2)15-21-26-20(16-32-21)22(29)25-14-17-8-10-24-11-9-17/h4-11,16H,3,12-15H2,1-2H3,(H,25,29)(H,27,30). The summed E-state index contributed by atoms with van der Waals surface area (Å²) in [4.78, 5) is 35.4. The summed E-state index contributed by atoms with van der Waals surface area (Å²) in [5, 5.41) is 8.21. The molecule has 168 valence electrons. The highest BCUT2D eigenvalue weighted by Crippen LogP contribution is 2.18. The second-order valence-electron chi connectivity index (χ2n) is 7.02. The van der Waals surface area contributed by atoms with E-state index in [0.29, 0.717) is 30.4 Å². The van der Waals surface area contributed by atoms with Crippen LogP contribution in [0.25, 0.3) is 0 Å². The molecule has 0 aliphatic carbocycles. The number of rotatable bonds is 10. The third-order valence-electron chi connectivity index (χ3n) is 4.81. The number of benzene rings is 1. The molecule has 0 aliphatic rings. The monoisotopic (exact) mass is 453 g/mol. The van der Waals surface area contributed by atoms with Crippen LogP contribution in [0.15, 0.2) is 54.2 Å². The van der Waals surface area contributed by atoms with Gasteiger partial charge in [0.15, 0.2) is 0 Å². The smallest absolute Gasteiger partial charge is 0.322 e. The number of aromatic nitrogens is 2. The van der Waals surface area contributed by atoms with Crippen molar-refractivity contribution in [1.29, 1.82) is 0 Å². The van der Waals surface area contributed by atoms with Crippen molar-refractivity contribution in [2.24, 2.45) is 0 Å². The van der Waals surface area contributed by atoms with Gasteiger partial charge >= 0.3 is 6.03 Å². The number of pyridine rings is 1. The molecule has 8 nitrogen and oxygen atoms in total. The molecule has 9 heteroatoms. The van der Waals surface area contributed by atoms with Crippen LogP contribution in [0.1, 0.15) is 33.5 Å². The molecule has 0 aliphatic heterocycles. The first-order valence-electron chi connectivity index (χ1n) is 10.3. The molecule has 0 saturated heterocycles. The molecule has 2 aromatic heterocycles. The van der Waals surface area contributed by atoms with Crippen LogP contribution in [-0.2, 0) is 24.2 Å². The lowest BCUT2D eigenvalue weighted by Crippen LogP contribution is -2.37. The van der Waals surface area contributed by atoms with Crippen LogP contribution in [0.2, 0.25) is 0 Å². The van der Waals surface area contributed by atoms with Crippen LogP contribution >= 0.6 is 11.3 Å². The van der Waals surface area contributed by atoms with E-state index in [2.05, 4.69) is 20.6 Å². The van der Waals surface area contributed by atoms with Crippen molar-refractivity contribution in [3.63, 3.8) is 0 Å². The summed E-state index contributed by atoms with van der Waals surface area (Å²) in [6.45, 7) is 3.52. The molecule has 0 radical (unpaired) electrons. The fourth-order valence-corrected chi connectivity index (χ4v) is 3.81. The highest BCUT2D eigenvalue weighted by molar-refractivity contribution is 7.09. The van der Waals surface area contributed by atoms with Gasteiger partial charge in [0.2, 0.25) is 0 Å². The van der Waals surface area contributed by atoms with Crippen molar-refractivity contribution < 1.29 is 14.3 Å². The number of thiazole rings is 1. The largest absolute Gasteiger partial charge is 0.383 e. The molecule has 0 spiro atoms. The minimum atomic E-state index is -0.255. The molecule has 1 aromatic carbocycles. The van der Waals surface area contributed by atoms with E-state index in [1.54, 1.807) is 29.8 Å². The van der Waals surface area contributed by atoms with Crippen LogP contribution in [-0.4, -0.2) is 47.1 Å². The van der Waals surface area contributed by atoms with E-state index < -0.39 is 0 Å². The number of ether oxygens (including phenoxy) is 1. The minimum absolute atomic E-state index is 0.234. The summed E-state index contributed by atoms with van der Waals surface area (Å²) in [5.41, 5.74) is 3.15. The quantitative estimate of drug-likeness (QED) is 0.488. The van der Waals surface area contributed by atoms with Gasteiger partial charge in [-0.15, -0.1) is 11.3 Å². The Labute approximate surface area is 191 Å². The number of hydrogen-bond donors (Lipinski definition) is 2. The lowest BCUT2D eigenvalue weighted by molar-refractivity contribution is 0.0946. The van der Waals surface area contributed by atoms with Crippen LogP contribution in [0.5, 0.6) is 0 Å². The number of aryl methyl sites for hydroxylation is 1. The van der Waals surface area contributed by atoms with Gasteiger partial charge in [-0.05, 0) is 35.7 Å². The Balaban J connectivity index is 1.63. The van der Waals surface area contributed by atoms with Crippen molar-refractivity contribution in [3.8, 4) is 0 Å². The van der Waals surface area contributed by atoms with Gasteiger partial charge in [0.25, 0.3) is 5.91 Å². The van der Waals surface area contributed by atoms with Gasteiger partial charge in [-0.1, -0.05) is 25.1 Å². The average Bonchev–Trinajstić information content (AvgIpc) is 3.30. The van der Waals surface area contributed by atoms with Gasteiger partial charge in [0, 0.05) is 43.7 Å². The van der Waals surface area contributed by atoms with Crippen molar-refractivity contribution in [2.75, 3.05) is 25.6 Å². The molecule has 2 N–H and O–H groups in total. The SMILES string of the molecule is CCc1ccccc1NC(=O)N(CCOC)Cc1nc(C(=O)NCc2ccncc2)cs1. The molecule has 2 heterocycles. The van der Waals surface area contributed by atoms with Gasteiger partial charge in [0.1, 0.15) is 10.7 Å². The molecule has 0 saturated carbocycles. The Hall–Kier alpha value is -3.30. The molecular formula is C23H27N5O3S. The second-order valence-corrected chi connectivity index (χ2v) is 7.96. The normalized spacial score (nSPS) is 10.6. The van der Waals surface area contributed by atoms with E-state index in [-0.39, 0.29) is 18.5 Å². The number of nitrogens with one attached hydrogen (secondary N) is 2. The van der Waals surface area contributed by atoms with Crippen molar-refractivity contribution >= 4 is 29.0 Å². The van der Waals surface area contributed by atoms with Gasteiger partial charge in [-0.25, -0.2) is 9.78 Å². The third-order valence-corrected chi connectivity index (χ3v) is 5.64. The molecule has 3 aromatic rings. The maximum atomic E-state index is 12.9. The molecule has 3 rings (SSSR count). The number of amides is 3. The predicted octanol–water partition coefficient (Wildman–Crippen LogP) is 3.71. The van der Waals surface area contributed by atoms with Gasteiger partial charge in [-0.3, -0.25) is 9.78 Å². The van der Waals surface area contributed by atoms with E-state index in [1.165, 1.54) is 11.3 Å². The molecular weight excluding hydrogens is 426 g/mol. The first kappa shape index (κ1) is 23.4. The van der Waals surface area contributed by atoms with Crippen LogP contribution < -0.4 is 10.6 Å². The molecule has 32 heavy (non-hydrogen) atoms. The van der Waals surface area contributed by atoms with E-state index >= 15 is 0 Å². The number of carbonyl (C=O) groups excluding carboxylic acids is 2. The maximum absolute atomic E-state index is 12.9. The lowest BCUT2D eigenvalue weighted by atomic mass is 10.1. The summed E-state index contributed by atoms with van der Waals surface area (Å²) in [7, 11) is 1.59. The second kappa shape index (κ2) is 11.9. The van der Waals surface area contributed by atoms with Crippen LogP contribution in [0.3, 0.4) is 0 Å². The third kappa shape index (κ3) is 6.60. The summed E-state index contributed by atoms with van der Waals surface area (Å²) >= 11 is 1.35. The van der Waals surface area contributed by atoms with Crippen LogP contribution in [0.4, 0.5) is 10.5 Å². The summed E-state index contributed by atoms with van der Waals surface area (Å²) in [6.07, 6.45) is 4.18. The molecule has 0 unspecified atom stereocenters. The summed E-state index contributed by atoms with van der Waals surface area (Å²) in [5.74, 6) is -0.255. The van der Waals surface area contributed by atoms with Gasteiger partial charge < -0.3 is 20.3 Å². The van der Waals surface area contributed by atoms with Gasteiger partial charge in [-0.2, -0.15) is 0 Å². The first-order chi connectivity index (χ1) is 15.6. The number of anilines is 1. The Morgan fingerprint density at radius 3 is 2.69 bits per heavy atom. The Kier molecular flexibility index (Phi) is 8.70. The van der Waals surface area contributed by atoms with Gasteiger partial charge in [0.05, 0.1) is 13.2 Å². The highest BCUT2D eigenvalue weighted by Gasteiger charge is 2.18. The average molecular weight is 454 g/mol. The molecule has 0 atom stereocenters. The predicted molar refractivity (Wildman–Crippen MR) is 125 cm³/mol. The fraction of sp³-hybridized carbons (Fsp3) is 0.304. The van der Waals surface area contributed by atoms with Crippen molar-refractivity contribution in [3.05, 3.63) is 76.0 Å². The molecule has 0 bridgehead atoms. The fourth-order valence-electron chi connectivity index (χ4n) is 3.02. The van der Waals surface area contributed by atoms with E-state index in [9.17, 15) is 9.59 Å².